The zero-order valence-electron chi connectivity index (χ0n) is 10.7. The molecule has 3 heteroatoms. The highest BCUT2D eigenvalue weighted by atomic mass is 19.1. The highest BCUT2D eigenvalue weighted by Crippen LogP contribution is 2.28. The lowest BCUT2D eigenvalue weighted by Crippen LogP contribution is -2.14. The average Bonchev–Trinajstić information content (AvgIpc) is 2.37. The molecule has 0 heterocycles. The Morgan fingerprint density at radius 2 is 1.89 bits per heavy atom. The van der Waals surface area contributed by atoms with E-state index in [1.165, 1.54) is 11.6 Å². The normalized spacial score (nSPS) is 10.4. The number of nitrogens with two attached hydrogens (primary N) is 1. The van der Waals surface area contributed by atoms with Gasteiger partial charge in [0.15, 0.2) is 0 Å². The second-order valence-corrected chi connectivity index (χ2v) is 4.34. The molecule has 0 unspecified atom stereocenters. The van der Waals surface area contributed by atoms with Crippen LogP contribution in [0.2, 0.25) is 0 Å². The van der Waals surface area contributed by atoms with E-state index in [0.717, 1.165) is 11.4 Å². The topological polar surface area (TPSA) is 29.3 Å². The van der Waals surface area contributed by atoms with Gasteiger partial charge in [-0.3, -0.25) is 0 Å². The monoisotopic (exact) mass is 244 g/mol. The molecule has 18 heavy (non-hydrogen) atoms. The van der Waals surface area contributed by atoms with Gasteiger partial charge >= 0.3 is 0 Å². The number of aryl methyl sites for hydroxylation is 1. The van der Waals surface area contributed by atoms with E-state index in [-0.39, 0.29) is 12.4 Å². The Kier molecular flexibility index (Phi) is 3.63. The highest BCUT2D eigenvalue weighted by molar-refractivity contribution is 5.66. The summed E-state index contributed by atoms with van der Waals surface area (Å²) in [6.07, 6.45) is 0. The van der Waals surface area contributed by atoms with Gasteiger partial charge in [0, 0.05) is 30.5 Å². The van der Waals surface area contributed by atoms with E-state index < -0.39 is 0 Å². The van der Waals surface area contributed by atoms with Crippen molar-refractivity contribution >= 4 is 11.4 Å². The van der Waals surface area contributed by atoms with E-state index in [1.54, 1.807) is 6.07 Å². The van der Waals surface area contributed by atoms with E-state index in [0.29, 0.717) is 5.56 Å². The molecule has 2 N–H and O–H groups in total. The van der Waals surface area contributed by atoms with Gasteiger partial charge in [0.2, 0.25) is 0 Å². The third-order valence-electron chi connectivity index (χ3n) is 3.05. The van der Waals surface area contributed by atoms with Crippen molar-refractivity contribution in [2.45, 2.75) is 13.5 Å². The van der Waals surface area contributed by atoms with Crippen molar-refractivity contribution in [3.63, 3.8) is 0 Å². The largest absolute Gasteiger partial charge is 0.344 e. The first kappa shape index (κ1) is 12.6. The van der Waals surface area contributed by atoms with Gasteiger partial charge in [0.25, 0.3) is 0 Å². The van der Waals surface area contributed by atoms with Crippen LogP contribution in [0.25, 0.3) is 0 Å². The van der Waals surface area contributed by atoms with Crippen molar-refractivity contribution < 1.29 is 4.39 Å². The molecule has 0 amide bonds. The summed E-state index contributed by atoms with van der Waals surface area (Å²) in [5.41, 5.74) is 9.18. The predicted octanol–water partition coefficient (Wildman–Crippen LogP) is 3.36. The van der Waals surface area contributed by atoms with E-state index in [1.807, 2.05) is 43.1 Å². The van der Waals surface area contributed by atoms with Gasteiger partial charge in [-0.15, -0.1) is 0 Å². The third kappa shape index (κ3) is 2.36. The first-order valence-electron chi connectivity index (χ1n) is 5.91. The van der Waals surface area contributed by atoms with E-state index in [2.05, 4.69) is 6.07 Å². The van der Waals surface area contributed by atoms with Crippen molar-refractivity contribution in [2.75, 3.05) is 11.9 Å². The van der Waals surface area contributed by atoms with Crippen LogP contribution in [-0.4, -0.2) is 7.05 Å². The average molecular weight is 244 g/mol. The molecule has 0 spiro atoms. The molecule has 0 saturated heterocycles. The summed E-state index contributed by atoms with van der Waals surface area (Å²) in [7, 11) is 1.92. The smallest absolute Gasteiger partial charge is 0.129 e. The quantitative estimate of drug-likeness (QED) is 0.897. The summed E-state index contributed by atoms with van der Waals surface area (Å²) in [6.45, 7) is 2.23. The predicted molar refractivity (Wildman–Crippen MR) is 73.5 cm³/mol. The third-order valence-corrected chi connectivity index (χ3v) is 3.05. The number of anilines is 2. The van der Waals surface area contributed by atoms with Gasteiger partial charge in [0.05, 0.1) is 0 Å². The summed E-state index contributed by atoms with van der Waals surface area (Å²) in [5, 5.41) is 0. The van der Waals surface area contributed by atoms with Gasteiger partial charge in [-0.2, -0.15) is 0 Å². The van der Waals surface area contributed by atoms with Crippen LogP contribution in [0.1, 0.15) is 11.1 Å². The Bertz CT molecular complexity index is 552. The van der Waals surface area contributed by atoms with Crippen LogP contribution in [0.15, 0.2) is 42.5 Å². The minimum atomic E-state index is -0.255. The van der Waals surface area contributed by atoms with Gasteiger partial charge < -0.3 is 10.6 Å². The molecule has 0 atom stereocenters. The van der Waals surface area contributed by atoms with E-state index in [4.69, 9.17) is 5.73 Å². The van der Waals surface area contributed by atoms with Crippen LogP contribution in [0.4, 0.5) is 15.8 Å². The first-order chi connectivity index (χ1) is 8.63. The number of nitrogens with zero attached hydrogens (tertiary/aromatic N) is 1. The standard InChI is InChI=1S/C15H17FN2/c1-11-5-3-6-12(9-11)18(2)15-8-4-7-14(16)13(15)10-17/h3-9H,10,17H2,1-2H3. The lowest BCUT2D eigenvalue weighted by Gasteiger charge is -2.23. The summed E-state index contributed by atoms with van der Waals surface area (Å²) in [4.78, 5) is 1.96. The van der Waals surface area contributed by atoms with E-state index in [9.17, 15) is 4.39 Å². The Morgan fingerprint density at radius 3 is 2.56 bits per heavy atom. The molecule has 0 aliphatic rings. The Morgan fingerprint density at radius 1 is 1.17 bits per heavy atom. The lowest BCUT2D eigenvalue weighted by atomic mass is 10.1. The maximum absolute atomic E-state index is 13.7. The van der Waals surface area contributed by atoms with Gasteiger partial charge in [-0.05, 0) is 36.8 Å². The Labute approximate surface area is 107 Å². The molecule has 94 valence electrons. The minimum Gasteiger partial charge on any atom is -0.344 e. The van der Waals surface area contributed by atoms with Crippen molar-refractivity contribution in [1.29, 1.82) is 0 Å². The van der Waals surface area contributed by atoms with Gasteiger partial charge in [-0.1, -0.05) is 18.2 Å². The molecular weight excluding hydrogens is 227 g/mol. The molecule has 2 nitrogen and oxygen atoms in total. The molecule has 0 radical (unpaired) electrons. The second-order valence-electron chi connectivity index (χ2n) is 4.34. The van der Waals surface area contributed by atoms with Crippen LogP contribution in [0, 0.1) is 12.7 Å². The number of hydrogen-bond acceptors (Lipinski definition) is 2. The SMILES string of the molecule is Cc1cccc(N(C)c2cccc(F)c2CN)c1. The van der Waals surface area contributed by atoms with Crippen molar-refractivity contribution in [3.05, 3.63) is 59.4 Å². The van der Waals surface area contributed by atoms with E-state index >= 15 is 0 Å². The van der Waals surface area contributed by atoms with Crippen molar-refractivity contribution in [1.82, 2.24) is 0 Å². The van der Waals surface area contributed by atoms with Crippen LogP contribution in [0.5, 0.6) is 0 Å². The van der Waals surface area contributed by atoms with Crippen molar-refractivity contribution in [3.8, 4) is 0 Å². The summed E-state index contributed by atoms with van der Waals surface area (Å²) >= 11 is 0. The fourth-order valence-electron chi connectivity index (χ4n) is 2.04. The van der Waals surface area contributed by atoms with Crippen LogP contribution in [-0.2, 0) is 6.54 Å². The van der Waals surface area contributed by atoms with Crippen LogP contribution >= 0.6 is 0 Å². The summed E-state index contributed by atoms with van der Waals surface area (Å²) in [5.74, 6) is -0.255. The molecule has 0 fully saturated rings. The zero-order valence-corrected chi connectivity index (χ0v) is 10.7. The number of hydrogen-bond donors (Lipinski definition) is 1. The molecular formula is C15H17FN2. The number of rotatable bonds is 3. The van der Waals surface area contributed by atoms with Crippen LogP contribution in [0.3, 0.4) is 0 Å². The van der Waals surface area contributed by atoms with Crippen molar-refractivity contribution in [2.24, 2.45) is 5.73 Å². The lowest BCUT2D eigenvalue weighted by molar-refractivity contribution is 0.611. The molecule has 2 aromatic rings. The fraction of sp³-hybridized carbons (Fsp3) is 0.200. The molecule has 0 aliphatic heterocycles. The molecule has 0 aliphatic carbocycles. The number of benzene rings is 2. The fourth-order valence-corrected chi connectivity index (χ4v) is 2.04. The Balaban J connectivity index is 2.46. The maximum Gasteiger partial charge on any atom is 0.129 e. The molecule has 2 rings (SSSR count). The summed E-state index contributed by atoms with van der Waals surface area (Å²) in [6, 6.07) is 13.1. The maximum atomic E-state index is 13.7. The first-order valence-corrected chi connectivity index (χ1v) is 5.91. The Hall–Kier alpha value is -1.87. The highest BCUT2D eigenvalue weighted by Gasteiger charge is 2.11. The van der Waals surface area contributed by atoms with Crippen LogP contribution < -0.4 is 10.6 Å². The molecule has 0 bridgehead atoms. The van der Waals surface area contributed by atoms with Gasteiger partial charge in [0.1, 0.15) is 5.82 Å². The number of halogens is 1. The van der Waals surface area contributed by atoms with Gasteiger partial charge in [-0.25, -0.2) is 4.39 Å². The molecule has 0 aromatic heterocycles. The second kappa shape index (κ2) is 5.19. The molecule has 2 aromatic carbocycles. The minimum absolute atomic E-state index is 0.193. The summed E-state index contributed by atoms with van der Waals surface area (Å²) < 4.78 is 13.7. The zero-order chi connectivity index (χ0) is 13.1. The molecule has 0 saturated carbocycles.